The molecular weight excluding hydrogens is 216 g/mol. The average Bonchev–Trinajstić information content (AvgIpc) is 2.33. The van der Waals surface area contributed by atoms with Crippen LogP contribution in [0.25, 0.3) is 0 Å². The molecule has 1 aromatic carbocycles. The number of hydrogen-bond donors (Lipinski definition) is 1. The predicted octanol–water partition coefficient (Wildman–Crippen LogP) is 2.80. The Labute approximate surface area is 103 Å². The largest absolute Gasteiger partial charge is 0.490 e. The third-order valence-corrected chi connectivity index (χ3v) is 2.55. The van der Waals surface area contributed by atoms with Gasteiger partial charge in [0, 0.05) is 0 Å². The summed E-state index contributed by atoms with van der Waals surface area (Å²) in [7, 11) is 0. The molecule has 0 heterocycles. The van der Waals surface area contributed by atoms with Crippen LogP contribution in [0.5, 0.6) is 11.5 Å². The van der Waals surface area contributed by atoms with Crippen molar-refractivity contribution < 1.29 is 14.6 Å². The normalized spacial score (nSPS) is 12.2. The minimum Gasteiger partial charge on any atom is -0.490 e. The van der Waals surface area contributed by atoms with Crippen LogP contribution in [-0.4, -0.2) is 24.4 Å². The maximum Gasteiger partial charge on any atom is 0.161 e. The van der Waals surface area contributed by atoms with Gasteiger partial charge in [-0.05, 0) is 44.4 Å². The fraction of sp³-hybridized carbons (Fsp3) is 0.571. The number of benzene rings is 1. The van der Waals surface area contributed by atoms with E-state index >= 15 is 0 Å². The Kier molecular flexibility index (Phi) is 5.84. The van der Waals surface area contributed by atoms with Crippen LogP contribution in [0, 0.1) is 0 Å². The van der Waals surface area contributed by atoms with Crippen LogP contribution in [0.3, 0.4) is 0 Å². The maximum absolute atomic E-state index is 9.63. The van der Waals surface area contributed by atoms with E-state index < -0.39 is 0 Å². The van der Waals surface area contributed by atoms with Crippen LogP contribution in [0.1, 0.15) is 32.8 Å². The molecule has 0 aliphatic rings. The van der Waals surface area contributed by atoms with Crippen LogP contribution < -0.4 is 9.47 Å². The van der Waals surface area contributed by atoms with Gasteiger partial charge in [0.2, 0.25) is 0 Å². The molecule has 0 spiro atoms. The van der Waals surface area contributed by atoms with Crippen LogP contribution in [0.15, 0.2) is 18.2 Å². The van der Waals surface area contributed by atoms with Gasteiger partial charge in [-0.2, -0.15) is 0 Å². The van der Waals surface area contributed by atoms with E-state index in [2.05, 4.69) is 0 Å². The molecule has 0 aromatic heterocycles. The fourth-order valence-corrected chi connectivity index (χ4v) is 1.64. The monoisotopic (exact) mass is 238 g/mol. The zero-order valence-corrected chi connectivity index (χ0v) is 10.9. The van der Waals surface area contributed by atoms with E-state index in [1.165, 1.54) is 0 Å². The summed E-state index contributed by atoms with van der Waals surface area (Å²) >= 11 is 0. The Bertz CT molecular complexity index is 336. The van der Waals surface area contributed by atoms with E-state index in [0.717, 1.165) is 23.5 Å². The smallest absolute Gasteiger partial charge is 0.161 e. The molecule has 1 aromatic rings. The van der Waals surface area contributed by atoms with Gasteiger partial charge in [0.05, 0.1) is 19.3 Å². The summed E-state index contributed by atoms with van der Waals surface area (Å²) in [5, 5.41) is 9.63. The first-order chi connectivity index (χ1) is 8.21. The van der Waals surface area contributed by atoms with Gasteiger partial charge in [-0.25, -0.2) is 0 Å². The lowest BCUT2D eigenvalue weighted by molar-refractivity contribution is 0.170. The van der Waals surface area contributed by atoms with Gasteiger partial charge in [0.1, 0.15) is 0 Å². The summed E-state index contributed by atoms with van der Waals surface area (Å²) in [5.74, 6) is 1.53. The highest BCUT2D eigenvalue weighted by atomic mass is 16.5. The molecular formula is C14H22O3. The van der Waals surface area contributed by atoms with Crippen molar-refractivity contribution in [3.05, 3.63) is 23.8 Å². The van der Waals surface area contributed by atoms with Gasteiger partial charge in [-0.1, -0.05) is 13.0 Å². The highest BCUT2D eigenvalue weighted by Gasteiger charge is 2.08. The molecule has 0 radical (unpaired) electrons. The molecule has 1 atom stereocenters. The minimum atomic E-state index is -0.289. The Morgan fingerprint density at radius 3 is 2.29 bits per heavy atom. The van der Waals surface area contributed by atoms with Gasteiger partial charge >= 0.3 is 0 Å². The summed E-state index contributed by atoms with van der Waals surface area (Å²) < 4.78 is 11.0. The van der Waals surface area contributed by atoms with Gasteiger partial charge < -0.3 is 14.6 Å². The van der Waals surface area contributed by atoms with Gasteiger partial charge in [0.15, 0.2) is 11.5 Å². The van der Waals surface area contributed by atoms with Crippen molar-refractivity contribution in [2.45, 2.75) is 39.7 Å². The van der Waals surface area contributed by atoms with Crippen molar-refractivity contribution >= 4 is 0 Å². The van der Waals surface area contributed by atoms with E-state index in [9.17, 15) is 5.11 Å². The predicted molar refractivity (Wildman–Crippen MR) is 68.8 cm³/mol. The summed E-state index contributed by atoms with van der Waals surface area (Å²) in [6.45, 7) is 7.10. The molecule has 0 fully saturated rings. The zero-order chi connectivity index (χ0) is 12.7. The van der Waals surface area contributed by atoms with E-state index in [1.807, 2.05) is 39.0 Å². The molecule has 1 N–H and O–H groups in total. The van der Waals surface area contributed by atoms with Crippen molar-refractivity contribution in [3.63, 3.8) is 0 Å². The molecule has 3 nitrogen and oxygen atoms in total. The van der Waals surface area contributed by atoms with E-state index in [-0.39, 0.29) is 6.10 Å². The molecule has 96 valence electrons. The van der Waals surface area contributed by atoms with Crippen molar-refractivity contribution in [1.29, 1.82) is 0 Å². The highest BCUT2D eigenvalue weighted by molar-refractivity contribution is 5.43. The second kappa shape index (κ2) is 7.17. The first-order valence-electron chi connectivity index (χ1n) is 6.27. The Morgan fingerprint density at radius 2 is 1.71 bits per heavy atom. The van der Waals surface area contributed by atoms with Crippen molar-refractivity contribution in [2.75, 3.05) is 13.2 Å². The third-order valence-electron chi connectivity index (χ3n) is 2.55. The number of ether oxygens (including phenoxy) is 2. The second-order valence-electron chi connectivity index (χ2n) is 3.91. The van der Waals surface area contributed by atoms with E-state index in [0.29, 0.717) is 19.6 Å². The first-order valence-corrected chi connectivity index (χ1v) is 6.27. The van der Waals surface area contributed by atoms with Crippen LogP contribution in [0.4, 0.5) is 0 Å². The number of aliphatic hydroxyl groups is 1. The Morgan fingerprint density at radius 1 is 1.06 bits per heavy atom. The highest BCUT2D eigenvalue weighted by Crippen LogP contribution is 2.29. The molecule has 1 unspecified atom stereocenters. The van der Waals surface area contributed by atoms with Gasteiger partial charge in [-0.15, -0.1) is 0 Å². The lowest BCUT2D eigenvalue weighted by Crippen LogP contribution is -2.08. The van der Waals surface area contributed by atoms with Gasteiger partial charge in [0.25, 0.3) is 0 Å². The average molecular weight is 238 g/mol. The fourth-order valence-electron chi connectivity index (χ4n) is 1.64. The lowest BCUT2D eigenvalue weighted by Gasteiger charge is -2.13. The quantitative estimate of drug-likeness (QED) is 0.794. The zero-order valence-electron chi connectivity index (χ0n) is 10.9. The SMILES string of the molecule is CCOc1ccc(CC(O)CC)cc1OCC. The van der Waals surface area contributed by atoms with Crippen molar-refractivity contribution in [3.8, 4) is 11.5 Å². The Hall–Kier alpha value is -1.22. The van der Waals surface area contributed by atoms with Crippen LogP contribution >= 0.6 is 0 Å². The lowest BCUT2D eigenvalue weighted by atomic mass is 10.1. The molecule has 0 bridgehead atoms. The number of rotatable bonds is 7. The molecule has 0 aliphatic carbocycles. The summed E-state index contributed by atoms with van der Waals surface area (Å²) in [6, 6.07) is 5.84. The minimum absolute atomic E-state index is 0.289. The molecule has 17 heavy (non-hydrogen) atoms. The number of aliphatic hydroxyl groups excluding tert-OH is 1. The summed E-state index contributed by atoms with van der Waals surface area (Å²) in [5.41, 5.74) is 1.08. The van der Waals surface area contributed by atoms with Crippen molar-refractivity contribution in [1.82, 2.24) is 0 Å². The topological polar surface area (TPSA) is 38.7 Å². The summed E-state index contributed by atoms with van der Waals surface area (Å²) in [6.07, 6.45) is 1.13. The maximum atomic E-state index is 9.63. The van der Waals surface area contributed by atoms with Gasteiger partial charge in [-0.3, -0.25) is 0 Å². The molecule has 0 saturated carbocycles. The molecule has 0 amide bonds. The molecule has 0 aliphatic heterocycles. The Balaban J connectivity index is 2.84. The first kappa shape index (κ1) is 13.8. The molecule has 3 heteroatoms. The number of hydrogen-bond acceptors (Lipinski definition) is 3. The van der Waals surface area contributed by atoms with E-state index in [1.54, 1.807) is 0 Å². The van der Waals surface area contributed by atoms with Crippen LogP contribution in [-0.2, 0) is 6.42 Å². The van der Waals surface area contributed by atoms with E-state index in [4.69, 9.17) is 9.47 Å². The molecule has 1 rings (SSSR count). The van der Waals surface area contributed by atoms with Crippen LogP contribution in [0.2, 0.25) is 0 Å². The third kappa shape index (κ3) is 4.27. The second-order valence-corrected chi connectivity index (χ2v) is 3.91. The molecule has 0 saturated heterocycles. The summed E-state index contributed by atoms with van der Waals surface area (Å²) in [4.78, 5) is 0. The van der Waals surface area contributed by atoms with Crippen molar-refractivity contribution in [2.24, 2.45) is 0 Å². The standard InChI is InChI=1S/C14H22O3/c1-4-12(15)9-11-7-8-13(16-5-2)14(10-11)17-6-3/h7-8,10,12,15H,4-6,9H2,1-3H3.